The van der Waals surface area contributed by atoms with Gasteiger partial charge in [0.15, 0.2) is 11.5 Å². The molecule has 0 unspecified atom stereocenters. The van der Waals surface area contributed by atoms with E-state index in [1.807, 2.05) is 0 Å². The normalized spacial score (nSPS) is 19.8. The molecular formula is C17H19F2NO3. The third-order valence-electron chi connectivity index (χ3n) is 4.55. The van der Waals surface area contributed by atoms with Gasteiger partial charge in [0.1, 0.15) is 0 Å². The quantitative estimate of drug-likeness (QED) is 0.622. The SMILES string of the molecule is CC(F)(F)c1cc2c(cc1C1(N=C=O)CCCC1)OCCCO2. The van der Waals surface area contributed by atoms with E-state index in [1.54, 1.807) is 12.1 Å². The number of benzene rings is 1. The Labute approximate surface area is 133 Å². The Balaban J connectivity index is 2.21. The first-order chi connectivity index (χ1) is 11.0. The Morgan fingerprint density at radius 1 is 1.13 bits per heavy atom. The highest BCUT2D eigenvalue weighted by Gasteiger charge is 2.42. The molecule has 1 heterocycles. The molecule has 0 N–H and O–H groups in total. The summed E-state index contributed by atoms with van der Waals surface area (Å²) in [6, 6.07) is 2.93. The summed E-state index contributed by atoms with van der Waals surface area (Å²) < 4.78 is 39.6. The lowest BCUT2D eigenvalue weighted by Crippen LogP contribution is -2.25. The molecule has 1 aliphatic heterocycles. The van der Waals surface area contributed by atoms with Crippen molar-refractivity contribution in [2.45, 2.75) is 50.5 Å². The molecule has 0 amide bonds. The number of ether oxygens (including phenoxy) is 2. The van der Waals surface area contributed by atoms with Crippen LogP contribution in [0.5, 0.6) is 11.5 Å². The van der Waals surface area contributed by atoms with Gasteiger partial charge in [-0.3, -0.25) is 0 Å². The van der Waals surface area contributed by atoms with Crippen molar-refractivity contribution >= 4 is 6.08 Å². The van der Waals surface area contributed by atoms with Gasteiger partial charge in [-0.1, -0.05) is 12.8 Å². The summed E-state index contributed by atoms with van der Waals surface area (Å²) >= 11 is 0. The first-order valence-corrected chi connectivity index (χ1v) is 7.88. The number of alkyl halides is 2. The van der Waals surface area contributed by atoms with Crippen molar-refractivity contribution in [3.63, 3.8) is 0 Å². The molecule has 1 saturated carbocycles. The van der Waals surface area contributed by atoms with Gasteiger partial charge in [-0.25, -0.2) is 13.6 Å². The van der Waals surface area contributed by atoms with Gasteiger partial charge < -0.3 is 9.47 Å². The van der Waals surface area contributed by atoms with E-state index < -0.39 is 11.5 Å². The number of rotatable bonds is 3. The largest absolute Gasteiger partial charge is 0.490 e. The highest BCUT2D eigenvalue weighted by molar-refractivity contribution is 5.53. The minimum Gasteiger partial charge on any atom is -0.490 e. The van der Waals surface area contributed by atoms with Gasteiger partial charge in [-0.2, -0.15) is 4.99 Å². The highest BCUT2D eigenvalue weighted by atomic mass is 19.3. The topological polar surface area (TPSA) is 47.9 Å². The zero-order valence-electron chi connectivity index (χ0n) is 13.0. The number of halogens is 2. The molecule has 23 heavy (non-hydrogen) atoms. The van der Waals surface area contributed by atoms with Gasteiger partial charge in [0.05, 0.1) is 18.8 Å². The zero-order valence-corrected chi connectivity index (χ0v) is 13.0. The Morgan fingerprint density at radius 2 is 1.74 bits per heavy atom. The molecular weight excluding hydrogens is 304 g/mol. The summed E-state index contributed by atoms with van der Waals surface area (Å²) in [5.41, 5.74) is -0.723. The lowest BCUT2D eigenvalue weighted by atomic mass is 9.83. The lowest BCUT2D eigenvalue weighted by molar-refractivity contribution is 0.0150. The number of aliphatic imine (C=N–C) groups is 1. The van der Waals surface area contributed by atoms with Crippen molar-refractivity contribution in [3.05, 3.63) is 23.3 Å². The number of nitrogens with zero attached hydrogens (tertiary/aromatic N) is 1. The van der Waals surface area contributed by atoms with Crippen LogP contribution in [0.15, 0.2) is 17.1 Å². The summed E-state index contributed by atoms with van der Waals surface area (Å²) in [5, 5.41) is 0. The molecule has 0 radical (unpaired) electrons. The molecule has 124 valence electrons. The van der Waals surface area contributed by atoms with Gasteiger partial charge in [0.25, 0.3) is 5.92 Å². The van der Waals surface area contributed by atoms with Crippen molar-refractivity contribution in [1.29, 1.82) is 0 Å². The summed E-state index contributed by atoms with van der Waals surface area (Å²) in [6.07, 6.45) is 5.08. The highest BCUT2D eigenvalue weighted by Crippen LogP contribution is 2.49. The zero-order chi connectivity index (χ0) is 16.5. The Kier molecular flexibility index (Phi) is 4.11. The summed E-state index contributed by atoms with van der Waals surface area (Å²) in [7, 11) is 0. The Morgan fingerprint density at radius 3 is 2.30 bits per heavy atom. The third-order valence-corrected chi connectivity index (χ3v) is 4.55. The fourth-order valence-corrected chi connectivity index (χ4v) is 3.45. The predicted octanol–water partition coefficient (Wildman–Crippen LogP) is 4.06. The van der Waals surface area contributed by atoms with Crippen LogP contribution in [0.25, 0.3) is 0 Å². The molecule has 0 atom stereocenters. The van der Waals surface area contributed by atoms with Crippen LogP contribution >= 0.6 is 0 Å². The fourth-order valence-electron chi connectivity index (χ4n) is 3.45. The number of isocyanates is 1. The van der Waals surface area contributed by atoms with E-state index in [9.17, 15) is 13.6 Å². The lowest BCUT2D eigenvalue weighted by Gasteiger charge is -2.29. The van der Waals surface area contributed by atoms with E-state index in [0.717, 1.165) is 19.8 Å². The molecule has 1 fully saturated rings. The maximum atomic E-state index is 14.2. The Bertz CT molecular complexity index is 642. The van der Waals surface area contributed by atoms with Crippen LogP contribution < -0.4 is 9.47 Å². The number of hydrogen-bond donors (Lipinski definition) is 0. The molecule has 0 bridgehead atoms. The van der Waals surface area contributed by atoms with Crippen LogP contribution in [-0.2, 0) is 16.3 Å². The average Bonchev–Trinajstić information content (AvgIpc) is 2.84. The second-order valence-electron chi connectivity index (χ2n) is 6.23. The molecule has 1 aromatic rings. The van der Waals surface area contributed by atoms with E-state index in [2.05, 4.69) is 4.99 Å². The molecule has 4 nitrogen and oxygen atoms in total. The van der Waals surface area contributed by atoms with Gasteiger partial charge >= 0.3 is 0 Å². The molecule has 0 saturated heterocycles. The van der Waals surface area contributed by atoms with Crippen molar-refractivity contribution in [3.8, 4) is 11.5 Å². The second-order valence-corrected chi connectivity index (χ2v) is 6.23. The molecule has 3 rings (SSSR count). The van der Waals surface area contributed by atoms with Crippen molar-refractivity contribution in [2.75, 3.05) is 13.2 Å². The number of fused-ring (bicyclic) bond motifs is 1. The maximum absolute atomic E-state index is 14.2. The molecule has 1 aliphatic carbocycles. The van der Waals surface area contributed by atoms with Crippen LogP contribution in [0.4, 0.5) is 8.78 Å². The molecule has 2 aliphatic rings. The molecule has 6 heteroatoms. The van der Waals surface area contributed by atoms with Crippen molar-refractivity contribution < 1.29 is 23.0 Å². The van der Waals surface area contributed by atoms with Crippen LogP contribution in [0.3, 0.4) is 0 Å². The minimum atomic E-state index is -3.06. The van der Waals surface area contributed by atoms with Crippen LogP contribution in [0.2, 0.25) is 0 Å². The predicted molar refractivity (Wildman–Crippen MR) is 79.9 cm³/mol. The molecule has 1 aromatic carbocycles. The fraction of sp³-hybridized carbons (Fsp3) is 0.588. The monoisotopic (exact) mass is 323 g/mol. The van der Waals surface area contributed by atoms with Gasteiger partial charge in [0.2, 0.25) is 6.08 Å². The first-order valence-electron chi connectivity index (χ1n) is 7.88. The first kappa shape index (κ1) is 15.9. The van der Waals surface area contributed by atoms with Gasteiger partial charge in [-0.05, 0) is 30.5 Å². The van der Waals surface area contributed by atoms with Crippen LogP contribution in [-0.4, -0.2) is 19.3 Å². The van der Waals surface area contributed by atoms with E-state index >= 15 is 0 Å². The molecule has 0 aromatic heterocycles. The van der Waals surface area contributed by atoms with E-state index in [-0.39, 0.29) is 5.56 Å². The van der Waals surface area contributed by atoms with Crippen LogP contribution in [0, 0.1) is 0 Å². The van der Waals surface area contributed by atoms with Crippen molar-refractivity contribution in [1.82, 2.24) is 0 Å². The Hall–Kier alpha value is -1.94. The van der Waals surface area contributed by atoms with Gasteiger partial charge in [0, 0.05) is 18.9 Å². The van der Waals surface area contributed by atoms with Gasteiger partial charge in [-0.15, -0.1) is 0 Å². The summed E-state index contributed by atoms with van der Waals surface area (Å²) in [6.45, 7) is 1.75. The average molecular weight is 323 g/mol. The van der Waals surface area contributed by atoms with Crippen LogP contribution in [0.1, 0.15) is 50.2 Å². The number of carbonyl (C=O) groups excluding carboxylic acids is 1. The van der Waals surface area contributed by atoms with E-state index in [1.165, 1.54) is 6.07 Å². The van der Waals surface area contributed by atoms with E-state index in [0.29, 0.717) is 49.5 Å². The van der Waals surface area contributed by atoms with E-state index in [4.69, 9.17) is 9.47 Å². The molecule has 0 spiro atoms. The maximum Gasteiger partial charge on any atom is 0.271 e. The third kappa shape index (κ3) is 2.95. The summed E-state index contributed by atoms with van der Waals surface area (Å²) in [4.78, 5) is 14.8. The smallest absolute Gasteiger partial charge is 0.271 e. The summed E-state index contributed by atoms with van der Waals surface area (Å²) in [5.74, 6) is -2.29. The standard InChI is InChI=1S/C17H19F2NO3/c1-16(18,19)12-9-14-15(23-8-4-7-22-14)10-13(12)17(20-11-21)5-2-3-6-17/h9-10H,2-8H2,1H3. The van der Waals surface area contributed by atoms with Crippen molar-refractivity contribution in [2.24, 2.45) is 4.99 Å². The number of hydrogen-bond acceptors (Lipinski definition) is 4. The second kappa shape index (κ2) is 5.93. The minimum absolute atomic E-state index is 0.150.